The molecule has 1 atom stereocenters. The van der Waals surface area contributed by atoms with E-state index in [0.29, 0.717) is 0 Å². The lowest BCUT2D eigenvalue weighted by Gasteiger charge is -2.32. The molecule has 1 aliphatic heterocycles. The molecule has 3 heteroatoms. The first-order valence-corrected chi connectivity index (χ1v) is 8.91. The average molecular weight is 269 g/mol. The molecule has 98 valence electrons. The van der Waals surface area contributed by atoms with Crippen LogP contribution < -0.4 is 15.7 Å². The molecule has 2 nitrogen and oxygen atoms in total. The third-order valence-electron chi connectivity index (χ3n) is 3.99. The van der Waals surface area contributed by atoms with Crippen LogP contribution >= 0.6 is 0 Å². The normalized spacial score (nSPS) is 19.5. The van der Waals surface area contributed by atoms with Crippen LogP contribution in [0.5, 0.6) is 0 Å². The van der Waals surface area contributed by atoms with E-state index < -0.39 is 8.32 Å². The molecule has 0 amide bonds. The van der Waals surface area contributed by atoms with Gasteiger partial charge in [-0.2, -0.15) is 0 Å². The first-order valence-electron chi connectivity index (χ1n) is 6.88. The van der Waals surface area contributed by atoms with Gasteiger partial charge in [0.15, 0.2) is 0 Å². The van der Waals surface area contributed by atoms with Crippen molar-refractivity contribution in [1.82, 2.24) is 5.32 Å². The van der Waals surface area contributed by atoms with Crippen molar-refractivity contribution in [2.24, 2.45) is 0 Å². The van der Waals surface area contributed by atoms with Gasteiger partial charge in [-0.25, -0.2) is 0 Å². The van der Waals surface area contributed by atoms with Crippen LogP contribution in [0.25, 0.3) is 0 Å². The van der Waals surface area contributed by atoms with Crippen molar-refractivity contribution in [3.63, 3.8) is 0 Å². The van der Waals surface area contributed by atoms with Gasteiger partial charge in [-0.3, -0.25) is 0 Å². The largest absolute Gasteiger partial charge is 0.423 e. The minimum absolute atomic E-state index is 0.220. The molecule has 0 bridgehead atoms. The van der Waals surface area contributed by atoms with E-state index in [-0.39, 0.29) is 5.67 Å². The Kier molecular flexibility index (Phi) is 3.51. The maximum absolute atomic E-state index is 11.5. The second kappa shape index (κ2) is 5.29. The molecule has 0 saturated carbocycles. The molecule has 2 aromatic carbocycles. The van der Waals surface area contributed by atoms with Gasteiger partial charge in [-0.1, -0.05) is 60.7 Å². The maximum Gasteiger partial charge on any atom is 0.269 e. The van der Waals surface area contributed by atoms with E-state index in [1.807, 2.05) is 36.4 Å². The van der Waals surface area contributed by atoms with E-state index in [2.05, 4.69) is 29.6 Å². The van der Waals surface area contributed by atoms with Gasteiger partial charge in [0.2, 0.25) is 0 Å². The summed E-state index contributed by atoms with van der Waals surface area (Å²) >= 11 is 0. The summed E-state index contributed by atoms with van der Waals surface area (Å²) in [5, 5.41) is 5.70. The highest BCUT2D eigenvalue weighted by Gasteiger charge is 2.44. The highest BCUT2D eigenvalue weighted by atomic mass is 28.4. The van der Waals surface area contributed by atoms with Crippen molar-refractivity contribution in [1.29, 1.82) is 0 Å². The first kappa shape index (κ1) is 12.6. The van der Waals surface area contributed by atoms with E-state index in [9.17, 15) is 4.80 Å². The van der Waals surface area contributed by atoms with Crippen molar-refractivity contribution in [2.75, 3.05) is 6.54 Å². The van der Waals surface area contributed by atoms with E-state index in [1.165, 1.54) is 0 Å². The predicted molar refractivity (Wildman–Crippen MR) is 81.1 cm³/mol. The molecule has 1 fully saturated rings. The molecular formula is C16H19NOSi. The quantitative estimate of drug-likeness (QED) is 0.816. The van der Waals surface area contributed by atoms with Crippen molar-refractivity contribution in [3.8, 4) is 0 Å². The van der Waals surface area contributed by atoms with Crippen LogP contribution in [0.2, 0.25) is 0 Å². The first-order chi connectivity index (χ1) is 9.32. The Morgan fingerprint density at radius 3 is 1.84 bits per heavy atom. The van der Waals surface area contributed by atoms with Crippen LogP contribution in [0.3, 0.4) is 0 Å². The van der Waals surface area contributed by atoms with Crippen molar-refractivity contribution in [3.05, 3.63) is 60.7 Å². The monoisotopic (exact) mass is 269 g/mol. The van der Waals surface area contributed by atoms with Gasteiger partial charge in [0.25, 0.3) is 8.32 Å². The van der Waals surface area contributed by atoms with Crippen LogP contribution in [0.1, 0.15) is 12.8 Å². The van der Waals surface area contributed by atoms with Gasteiger partial charge < -0.3 is 10.1 Å². The van der Waals surface area contributed by atoms with Crippen LogP contribution in [0.4, 0.5) is 0 Å². The summed E-state index contributed by atoms with van der Waals surface area (Å²) in [5.41, 5.74) is 0.220. The Hall–Kier alpha value is -1.42. The molecule has 2 aromatic rings. The summed E-state index contributed by atoms with van der Waals surface area (Å²) in [6.45, 7) is 1.01. The summed E-state index contributed by atoms with van der Waals surface area (Å²) < 4.78 is 0. The van der Waals surface area contributed by atoms with Crippen molar-refractivity contribution in [2.45, 2.75) is 18.5 Å². The van der Waals surface area contributed by atoms with Gasteiger partial charge in [0.05, 0.1) is 0 Å². The minimum Gasteiger partial charge on any atom is -0.423 e. The fourth-order valence-electron chi connectivity index (χ4n) is 2.99. The van der Waals surface area contributed by atoms with Gasteiger partial charge >= 0.3 is 0 Å². The lowest BCUT2D eigenvalue weighted by Crippen LogP contribution is -2.69. The number of hydrogen-bond acceptors (Lipinski definition) is 2. The van der Waals surface area contributed by atoms with Crippen LogP contribution in [0, 0.1) is 0 Å². The van der Waals surface area contributed by atoms with E-state index >= 15 is 0 Å². The molecule has 19 heavy (non-hydrogen) atoms. The van der Waals surface area contributed by atoms with Crippen LogP contribution in [0.15, 0.2) is 60.7 Å². The molecule has 0 radical (unpaired) electrons. The highest BCUT2D eigenvalue weighted by Crippen LogP contribution is 2.16. The zero-order chi connectivity index (χ0) is 13.1. The van der Waals surface area contributed by atoms with Crippen LogP contribution in [-0.2, 0) is 0 Å². The smallest absolute Gasteiger partial charge is 0.269 e. The second-order valence-electron chi connectivity index (χ2n) is 5.15. The SMILES string of the molecule is O[Si](c1ccccc1)(c1ccccc1)[C@H]1CCCN1. The minimum atomic E-state index is -2.68. The zero-order valence-corrected chi connectivity index (χ0v) is 11.9. The topological polar surface area (TPSA) is 32.3 Å². The molecule has 1 heterocycles. The fraction of sp³-hybridized carbons (Fsp3) is 0.250. The predicted octanol–water partition coefficient (Wildman–Crippen LogP) is 1.03. The number of nitrogens with one attached hydrogen (secondary N) is 1. The van der Waals surface area contributed by atoms with E-state index in [1.54, 1.807) is 0 Å². The Morgan fingerprint density at radius 2 is 1.42 bits per heavy atom. The molecule has 1 aliphatic rings. The lowest BCUT2D eigenvalue weighted by atomic mass is 10.4. The lowest BCUT2D eigenvalue weighted by molar-refractivity contribution is 0.528. The molecule has 2 N–H and O–H groups in total. The Balaban J connectivity index is 2.10. The molecule has 0 aliphatic carbocycles. The Bertz CT molecular complexity index is 483. The van der Waals surface area contributed by atoms with Crippen molar-refractivity contribution < 1.29 is 4.80 Å². The van der Waals surface area contributed by atoms with Crippen LogP contribution in [-0.4, -0.2) is 25.3 Å². The van der Waals surface area contributed by atoms with Gasteiger partial charge in [0, 0.05) is 5.67 Å². The summed E-state index contributed by atoms with van der Waals surface area (Å²) in [6.07, 6.45) is 2.21. The Labute approximate surface area is 115 Å². The van der Waals surface area contributed by atoms with Gasteiger partial charge in [-0.05, 0) is 29.8 Å². The van der Waals surface area contributed by atoms with Crippen molar-refractivity contribution >= 4 is 18.7 Å². The average Bonchev–Trinajstić information content (AvgIpc) is 3.03. The number of hydrogen-bond donors (Lipinski definition) is 2. The zero-order valence-electron chi connectivity index (χ0n) is 10.9. The second-order valence-corrected chi connectivity index (χ2v) is 8.53. The molecule has 0 spiro atoms. The fourth-order valence-corrected chi connectivity index (χ4v) is 6.60. The third-order valence-corrected chi connectivity index (χ3v) is 7.92. The number of rotatable bonds is 3. The summed E-state index contributed by atoms with van der Waals surface area (Å²) in [4.78, 5) is 11.5. The molecule has 3 rings (SSSR count). The Morgan fingerprint density at radius 1 is 0.895 bits per heavy atom. The summed E-state index contributed by atoms with van der Waals surface area (Å²) in [6, 6.07) is 20.4. The summed E-state index contributed by atoms with van der Waals surface area (Å²) in [7, 11) is -2.68. The van der Waals surface area contributed by atoms with Gasteiger partial charge in [-0.15, -0.1) is 0 Å². The highest BCUT2D eigenvalue weighted by molar-refractivity contribution is 6.97. The third kappa shape index (κ3) is 2.25. The maximum atomic E-state index is 11.5. The molecule has 0 aromatic heterocycles. The summed E-state index contributed by atoms with van der Waals surface area (Å²) in [5.74, 6) is 0. The van der Waals surface area contributed by atoms with E-state index in [0.717, 1.165) is 29.8 Å². The van der Waals surface area contributed by atoms with Gasteiger partial charge in [0.1, 0.15) is 0 Å². The molecule has 0 unspecified atom stereocenters. The standard InChI is InChI=1S/C16H19NOSi/c18-19(16-12-7-13-17-16,14-8-3-1-4-9-14)15-10-5-2-6-11-15/h1-6,8-11,16-18H,7,12-13H2/t16-/m0/s1. The number of benzene rings is 2. The van der Waals surface area contributed by atoms with E-state index in [4.69, 9.17) is 0 Å². The molecule has 1 saturated heterocycles. The molecular weight excluding hydrogens is 250 g/mol.